The summed E-state index contributed by atoms with van der Waals surface area (Å²) in [5.74, 6) is -10.4. The van der Waals surface area contributed by atoms with Crippen LogP contribution >= 0.6 is 0 Å². The van der Waals surface area contributed by atoms with Crippen LogP contribution in [-0.4, -0.2) is 88.9 Å². The number of aliphatic hydroxyl groups is 1. The van der Waals surface area contributed by atoms with Gasteiger partial charge in [-0.1, -0.05) is 6.07 Å². The van der Waals surface area contributed by atoms with Gasteiger partial charge in [-0.2, -0.15) is 0 Å². The second kappa shape index (κ2) is 8.39. The van der Waals surface area contributed by atoms with Crippen LogP contribution < -0.4 is 5.73 Å². The smallest absolute Gasteiger partial charge is 0.235 e. The fraction of sp³-hybridized carbons (Fsp3) is 0.480. The van der Waals surface area contributed by atoms with Crippen molar-refractivity contribution < 1.29 is 34.2 Å². The first-order valence-corrected chi connectivity index (χ1v) is 11.4. The molecule has 3 aliphatic carbocycles. The highest BCUT2D eigenvalue weighted by Gasteiger charge is 2.69. The second-order valence-electron chi connectivity index (χ2n) is 10.1. The molecule has 0 bridgehead atoms. The zero-order valence-electron chi connectivity index (χ0n) is 20.0. The maximum atomic E-state index is 13.7. The fourth-order valence-corrected chi connectivity index (χ4v) is 6.01. The highest BCUT2D eigenvalue weighted by Crippen LogP contribution is 2.51. The Morgan fingerprint density at radius 2 is 1.77 bits per heavy atom. The van der Waals surface area contributed by atoms with Gasteiger partial charge in [-0.05, 0) is 62.3 Å². The molecule has 4 N–H and O–H groups in total. The van der Waals surface area contributed by atoms with Gasteiger partial charge >= 0.3 is 0 Å². The number of primary amides is 1. The summed E-state index contributed by atoms with van der Waals surface area (Å²) in [5, 5.41) is 22.1. The molecule has 2 saturated carbocycles. The van der Waals surface area contributed by atoms with E-state index in [-0.39, 0.29) is 24.2 Å². The SMILES string of the molecule is CN(C)/C=C/c1ccc(O)c2c1C[C@@H]1C[C@@H]3C(N(C)C)C(=O)C(C(N)=O)C(=O)[C@]3(O)C(=O)C1C2=O. The molecule has 186 valence electrons. The van der Waals surface area contributed by atoms with Crippen LogP contribution in [0.25, 0.3) is 6.08 Å². The molecule has 0 aromatic heterocycles. The molecule has 10 heteroatoms. The van der Waals surface area contributed by atoms with Crippen LogP contribution in [0.5, 0.6) is 5.75 Å². The number of fused-ring (bicyclic) bond motifs is 3. The number of ketones is 4. The summed E-state index contributed by atoms with van der Waals surface area (Å²) in [4.78, 5) is 68.9. The number of Topliss-reactive ketones (excluding diaryl/α,β-unsaturated/α-hetero) is 4. The van der Waals surface area contributed by atoms with Crippen LogP contribution in [-0.2, 0) is 25.6 Å². The van der Waals surface area contributed by atoms with E-state index in [1.165, 1.54) is 11.0 Å². The van der Waals surface area contributed by atoms with Gasteiger partial charge < -0.3 is 20.8 Å². The minimum Gasteiger partial charge on any atom is -0.507 e. The van der Waals surface area contributed by atoms with E-state index >= 15 is 0 Å². The number of phenols is 1. The molecule has 0 heterocycles. The number of rotatable bonds is 4. The van der Waals surface area contributed by atoms with Gasteiger partial charge in [-0.3, -0.25) is 28.9 Å². The number of aromatic hydroxyl groups is 1. The van der Waals surface area contributed by atoms with Crippen molar-refractivity contribution >= 4 is 35.1 Å². The molecule has 0 radical (unpaired) electrons. The molecule has 2 fully saturated rings. The highest BCUT2D eigenvalue weighted by atomic mass is 16.3. The average molecular weight is 484 g/mol. The number of phenolic OH excluding ortho intramolecular Hbond substituents is 1. The Hall–Kier alpha value is -3.37. The lowest BCUT2D eigenvalue weighted by Gasteiger charge is -2.52. The molecular formula is C25H29N3O7. The van der Waals surface area contributed by atoms with E-state index in [1.807, 2.05) is 19.0 Å². The summed E-state index contributed by atoms with van der Waals surface area (Å²) in [6.45, 7) is 0. The molecule has 0 aliphatic heterocycles. The third-order valence-corrected chi connectivity index (χ3v) is 7.53. The first-order valence-electron chi connectivity index (χ1n) is 11.4. The standard InChI is InChI=1S/C25H29N3O7/c1-27(2)8-7-11-5-6-15(29)17-13(11)9-12-10-14-19(28(3)4)21(31)18(24(26)34)23(33)25(14,35)22(32)16(12)20(17)30/h5-8,12,14,16,18-19,29,35H,9-10H2,1-4H3,(H2,26,34)/b8-7+/t12-,14-,16?,18?,19?,25-/m1/s1. The number of likely N-dealkylation sites (N-methyl/N-ethyl adjacent to an activating group) is 1. The first kappa shape index (κ1) is 24.7. The van der Waals surface area contributed by atoms with Crippen molar-refractivity contribution in [2.75, 3.05) is 28.2 Å². The third kappa shape index (κ3) is 3.51. The molecular weight excluding hydrogens is 454 g/mol. The van der Waals surface area contributed by atoms with Crippen LogP contribution in [0.15, 0.2) is 18.3 Å². The van der Waals surface area contributed by atoms with E-state index < -0.39 is 64.4 Å². The maximum absolute atomic E-state index is 13.7. The number of benzene rings is 1. The van der Waals surface area contributed by atoms with Gasteiger partial charge in [0.1, 0.15) is 5.75 Å². The summed E-state index contributed by atoms with van der Waals surface area (Å²) >= 11 is 0. The number of nitrogens with two attached hydrogens (primary N) is 1. The molecule has 35 heavy (non-hydrogen) atoms. The van der Waals surface area contributed by atoms with E-state index in [4.69, 9.17) is 5.73 Å². The Bertz CT molecular complexity index is 1190. The van der Waals surface area contributed by atoms with Crippen molar-refractivity contribution in [1.29, 1.82) is 0 Å². The van der Waals surface area contributed by atoms with Gasteiger partial charge in [0, 0.05) is 20.0 Å². The molecule has 1 aromatic rings. The van der Waals surface area contributed by atoms with Crippen molar-refractivity contribution in [2.45, 2.75) is 24.5 Å². The molecule has 0 spiro atoms. The summed E-state index contributed by atoms with van der Waals surface area (Å²) in [5.41, 5.74) is 3.85. The van der Waals surface area contributed by atoms with Gasteiger partial charge in [-0.15, -0.1) is 0 Å². The summed E-state index contributed by atoms with van der Waals surface area (Å²) in [7, 11) is 6.78. The zero-order chi connectivity index (χ0) is 26.0. The highest BCUT2D eigenvalue weighted by molar-refractivity contribution is 6.32. The van der Waals surface area contributed by atoms with Gasteiger partial charge in [-0.25, -0.2) is 0 Å². The summed E-state index contributed by atoms with van der Waals surface area (Å²) in [6, 6.07) is 1.93. The predicted octanol–water partition coefficient (Wildman–Crippen LogP) is -0.601. The number of hydrogen-bond acceptors (Lipinski definition) is 9. The van der Waals surface area contributed by atoms with Gasteiger partial charge in [0.25, 0.3) is 0 Å². The van der Waals surface area contributed by atoms with Crippen molar-refractivity contribution in [3.63, 3.8) is 0 Å². The van der Waals surface area contributed by atoms with Gasteiger partial charge in [0.05, 0.1) is 17.5 Å². The monoisotopic (exact) mass is 483 g/mol. The topological polar surface area (TPSA) is 158 Å². The number of carbonyl (C=O) groups is 5. The molecule has 3 aliphatic rings. The largest absolute Gasteiger partial charge is 0.507 e. The van der Waals surface area contributed by atoms with E-state index in [0.29, 0.717) is 11.1 Å². The molecule has 3 unspecified atom stereocenters. The minimum atomic E-state index is -2.71. The lowest BCUT2D eigenvalue weighted by molar-refractivity contribution is -0.181. The molecule has 4 rings (SSSR count). The Labute approximate surface area is 202 Å². The zero-order valence-corrected chi connectivity index (χ0v) is 20.0. The quantitative estimate of drug-likeness (QED) is 0.475. The molecule has 1 amide bonds. The van der Waals surface area contributed by atoms with Crippen LogP contribution in [0.3, 0.4) is 0 Å². The second-order valence-corrected chi connectivity index (χ2v) is 10.1. The predicted molar refractivity (Wildman–Crippen MR) is 124 cm³/mol. The average Bonchev–Trinajstić information content (AvgIpc) is 2.75. The summed E-state index contributed by atoms with van der Waals surface area (Å²) in [6.07, 6.45) is 3.84. The van der Waals surface area contributed by atoms with E-state index in [2.05, 4.69) is 0 Å². The summed E-state index contributed by atoms with van der Waals surface area (Å²) < 4.78 is 0. The van der Waals surface area contributed by atoms with Crippen LogP contribution in [0, 0.1) is 23.7 Å². The normalized spacial score (nSPS) is 32.5. The van der Waals surface area contributed by atoms with Gasteiger partial charge in [0.15, 0.2) is 34.7 Å². The number of hydrogen-bond donors (Lipinski definition) is 3. The third-order valence-electron chi connectivity index (χ3n) is 7.53. The lowest BCUT2D eigenvalue weighted by atomic mass is 9.52. The van der Waals surface area contributed by atoms with E-state index in [1.54, 1.807) is 32.4 Å². The van der Waals surface area contributed by atoms with Crippen molar-refractivity contribution in [1.82, 2.24) is 9.80 Å². The Morgan fingerprint density at radius 1 is 1.11 bits per heavy atom. The number of amides is 1. The Balaban J connectivity index is 1.86. The number of nitrogens with zero attached hydrogens (tertiary/aromatic N) is 2. The van der Waals surface area contributed by atoms with E-state index in [0.717, 1.165) is 0 Å². The lowest BCUT2D eigenvalue weighted by Crippen LogP contribution is -2.74. The Morgan fingerprint density at radius 3 is 2.34 bits per heavy atom. The number of carbonyl (C=O) groups excluding carboxylic acids is 5. The van der Waals surface area contributed by atoms with Crippen molar-refractivity contribution in [3.8, 4) is 5.75 Å². The Kier molecular flexibility index (Phi) is 5.93. The minimum absolute atomic E-state index is 0.0162. The fourth-order valence-electron chi connectivity index (χ4n) is 6.01. The van der Waals surface area contributed by atoms with E-state index in [9.17, 15) is 34.2 Å². The van der Waals surface area contributed by atoms with Crippen molar-refractivity contribution in [3.05, 3.63) is 35.0 Å². The molecule has 1 aromatic carbocycles. The first-order chi connectivity index (χ1) is 16.3. The van der Waals surface area contributed by atoms with Crippen LogP contribution in [0.2, 0.25) is 0 Å². The van der Waals surface area contributed by atoms with Crippen LogP contribution in [0.4, 0.5) is 0 Å². The van der Waals surface area contributed by atoms with Crippen LogP contribution in [0.1, 0.15) is 27.9 Å². The molecule has 6 atom stereocenters. The molecule has 0 saturated heterocycles. The molecule has 10 nitrogen and oxygen atoms in total. The van der Waals surface area contributed by atoms with Gasteiger partial charge in [0.2, 0.25) is 5.91 Å². The maximum Gasteiger partial charge on any atom is 0.235 e. The van der Waals surface area contributed by atoms with Crippen molar-refractivity contribution in [2.24, 2.45) is 29.4 Å².